The summed E-state index contributed by atoms with van der Waals surface area (Å²) in [5.41, 5.74) is 2.78. The molecule has 3 nitrogen and oxygen atoms in total. The molecule has 0 N–H and O–H groups in total. The largest absolute Gasteiger partial charge is 0.294 e. The number of halogens is 1. The topological polar surface area (TPSA) is 34.9 Å². The Balaban J connectivity index is 2.16. The lowest BCUT2D eigenvalue weighted by Gasteiger charge is -2.02. The van der Waals surface area contributed by atoms with Crippen molar-refractivity contribution in [1.29, 1.82) is 0 Å². The highest BCUT2D eigenvalue weighted by atomic mass is 79.9. The van der Waals surface area contributed by atoms with Crippen molar-refractivity contribution in [2.45, 2.75) is 26.8 Å². The molecule has 0 saturated carbocycles. The maximum atomic E-state index is 12.2. The fraction of sp³-hybridized carbons (Fsp3) is 0.286. The van der Waals surface area contributed by atoms with Gasteiger partial charge in [0, 0.05) is 29.2 Å². The van der Waals surface area contributed by atoms with E-state index in [0.717, 1.165) is 27.7 Å². The number of aryl methyl sites for hydroxylation is 2. The highest BCUT2D eigenvalue weighted by Crippen LogP contribution is 2.17. The molecular weight excluding hydrogens is 292 g/mol. The fourth-order valence-electron chi connectivity index (χ4n) is 1.86. The molecule has 0 amide bonds. The van der Waals surface area contributed by atoms with Gasteiger partial charge < -0.3 is 0 Å². The number of ketones is 1. The first kappa shape index (κ1) is 13.0. The summed E-state index contributed by atoms with van der Waals surface area (Å²) in [5.74, 6) is 0.120. The summed E-state index contributed by atoms with van der Waals surface area (Å²) in [6.07, 6.45) is 4.07. The normalized spacial score (nSPS) is 10.6. The van der Waals surface area contributed by atoms with Gasteiger partial charge in [-0.05, 0) is 43.2 Å². The second-order valence-corrected chi connectivity index (χ2v) is 5.24. The van der Waals surface area contributed by atoms with Crippen molar-refractivity contribution >= 4 is 21.7 Å². The summed E-state index contributed by atoms with van der Waals surface area (Å²) in [4.78, 5) is 12.2. The zero-order valence-corrected chi connectivity index (χ0v) is 12.1. The van der Waals surface area contributed by atoms with Crippen LogP contribution in [0, 0.1) is 6.92 Å². The number of hydrogen-bond acceptors (Lipinski definition) is 2. The molecule has 0 fully saturated rings. The van der Waals surface area contributed by atoms with E-state index in [1.807, 2.05) is 42.9 Å². The van der Waals surface area contributed by atoms with Crippen molar-refractivity contribution in [2.24, 2.45) is 0 Å². The third kappa shape index (κ3) is 3.07. The first-order chi connectivity index (χ1) is 8.58. The lowest BCUT2D eigenvalue weighted by atomic mass is 10.0. The minimum absolute atomic E-state index is 0.120. The fourth-order valence-corrected chi connectivity index (χ4v) is 2.46. The molecule has 0 aliphatic heterocycles. The van der Waals surface area contributed by atoms with E-state index in [1.165, 1.54) is 0 Å². The molecule has 0 aliphatic rings. The van der Waals surface area contributed by atoms with E-state index in [0.29, 0.717) is 6.42 Å². The Kier molecular flexibility index (Phi) is 3.97. The molecule has 18 heavy (non-hydrogen) atoms. The van der Waals surface area contributed by atoms with Crippen molar-refractivity contribution in [1.82, 2.24) is 9.78 Å². The van der Waals surface area contributed by atoms with Crippen LogP contribution in [0.25, 0.3) is 0 Å². The Morgan fingerprint density at radius 2 is 2.17 bits per heavy atom. The molecule has 0 saturated heterocycles. The zero-order valence-electron chi connectivity index (χ0n) is 10.5. The summed E-state index contributed by atoms with van der Waals surface area (Å²) < 4.78 is 2.77. The van der Waals surface area contributed by atoms with Crippen LogP contribution in [0.2, 0.25) is 0 Å². The van der Waals surface area contributed by atoms with Gasteiger partial charge in [-0.3, -0.25) is 9.48 Å². The molecule has 2 aromatic rings. The van der Waals surface area contributed by atoms with Gasteiger partial charge in [-0.2, -0.15) is 5.10 Å². The Morgan fingerprint density at radius 1 is 1.39 bits per heavy atom. The minimum Gasteiger partial charge on any atom is -0.294 e. The van der Waals surface area contributed by atoms with Crippen LogP contribution >= 0.6 is 15.9 Å². The third-order valence-corrected chi connectivity index (χ3v) is 3.20. The van der Waals surface area contributed by atoms with Crippen LogP contribution in [-0.2, 0) is 13.0 Å². The smallest absolute Gasteiger partial charge is 0.167 e. The number of benzene rings is 1. The molecule has 1 aromatic heterocycles. The van der Waals surface area contributed by atoms with Gasteiger partial charge in [-0.25, -0.2) is 0 Å². The Labute approximate surface area is 115 Å². The molecule has 0 aliphatic carbocycles. The van der Waals surface area contributed by atoms with E-state index in [9.17, 15) is 4.79 Å². The van der Waals surface area contributed by atoms with Crippen LogP contribution in [-0.4, -0.2) is 15.6 Å². The van der Waals surface area contributed by atoms with Crippen molar-refractivity contribution in [3.05, 3.63) is 51.8 Å². The first-order valence-electron chi connectivity index (χ1n) is 5.90. The monoisotopic (exact) mass is 306 g/mol. The number of rotatable bonds is 4. The zero-order chi connectivity index (χ0) is 13.1. The van der Waals surface area contributed by atoms with E-state index in [4.69, 9.17) is 0 Å². The summed E-state index contributed by atoms with van der Waals surface area (Å²) in [6, 6.07) is 5.77. The Hall–Kier alpha value is -1.42. The minimum atomic E-state index is 0.120. The van der Waals surface area contributed by atoms with Crippen LogP contribution in [0.5, 0.6) is 0 Å². The van der Waals surface area contributed by atoms with Crippen molar-refractivity contribution < 1.29 is 4.79 Å². The van der Waals surface area contributed by atoms with Gasteiger partial charge in [0.05, 0.1) is 6.20 Å². The number of carbonyl (C=O) groups is 1. The quantitative estimate of drug-likeness (QED) is 0.812. The molecule has 0 unspecified atom stereocenters. The average molecular weight is 307 g/mol. The molecule has 2 rings (SSSR count). The van der Waals surface area contributed by atoms with Gasteiger partial charge in [0.1, 0.15) is 0 Å². The van der Waals surface area contributed by atoms with Crippen molar-refractivity contribution in [2.75, 3.05) is 0 Å². The molecule has 0 spiro atoms. The number of carbonyl (C=O) groups excluding carboxylic acids is 1. The summed E-state index contributed by atoms with van der Waals surface area (Å²) in [6.45, 7) is 4.83. The number of aromatic nitrogens is 2. The standard InChI is InChI=1S/C14H15BrN2O/c1-3-17-9-11(8-16-17)6-14(18)12-4-10(2)5-13(15)7-12/h4-5,7-9H,3,6H2,1-2H3. The van der Waals surface area contributed by atoms with Crippen LogP contribution in [0.3, 0.4) is 0 Å². The molecule has 1 aromatic carbocycles. The Bertz CT molecular complexity index is 555. The van der Waals surface area contributed by atoms with Crippen LogP contribution in [0.15, 0.2) is 35.1 Å². The first-order valence-corrected chi connectivity index (χ1v) is 6.69. The van der Waals surface area contributed by atoms with Gasteiger partial charge >= 0.3 is 0 Å². The van der Waals surface area contributed by atoms with E-state index in [-0.39, 0.29) is 5.78 Å². The second-order valence-electron chi connectivity index (χ2n) is 4.32. The predicted octanol–water partition coefficient (Wildman–Crippen LogP) is 3.40. The molecule has 1 heterocycles. The summed E-state index contributed by atoms with van der Waals surface area (Å²) in [7, 11) is 0. The second kappa shape index (κ2) is 5.48. The van der Waals surface area contributed by atoms with Gasteiger partial charge in [-0.15, -0.1) is 0 Å². The summed E-state index contributed by atoms with van der Waals surface area (Å²) in [5, 5.41) is 4.17. The number of Topliss-reactive ketones (excluding diaryl/α,β-unsaturated/α-hetero) is 1. The van der Waals surface area contributed by atoms with E-state index < -0.39 is 0 Å². The van der Waals surface area contributed by atoms with Crippen LogP contribution < -0.4 is 0 Å². The van der Waals surface area contributed by atoms with E-state index in [1.54, 1.807) is 6.20 Å². The van der Waals surface area contributed by atoms with Gasteiger partial charge in [0.25, 0.3) is 0 Å². The number of nitrogens with zero attached hydrogens (tertiary/aromatic N) is 2. The average Bonchev–Trinajstić information content (AvgIpc) is 2.75. The highest BCUT2D eigenvalue weighted by Gasteiger charge is 2.09. The molecule has 0 radical (unpaired) electrons. The van der Waals surface area contributed by atoms with Gasteiger partial charge in [0.15, 0.2) is 5.78 Å². The lowest BCUT2D eigenvalue weighted by Crippen LogP contribution is -2.03. The molecular formula is C14H15BrN2O. The van der Waals surface area contributed by atoms with Gasteiger partial charge in [-0.1, -0.05) is 15.9 Å². The van der Waals surface area contributed by atoms with Gasteiger partial charge in [0.2, 0.25) is 0 Å². The van der Waals surface area contributed by atoms with Crippen LogP contribution in [0.1, 0.15) is 28.4 Å². The van der Waals surface area contributed by atoms with E-state index >= 15 is 0 Å². The summed E-state index contributed by atoms with van der Waals surface area (Å²) >= 11 is 3.41. The lowest BCUT2D eigenvalue weighted by molar-refractivity contribution is 0.0993. The van der Waals surface area contributed by atoms with E-state index in [2.05, 4.69) is 21.0 Å². The maximum absolute atomic E-state index is 12.2. The molecule has 0 bridgehead atoms. The van der Waals surface area contributed by atoms with Crippen LogP contribution in [0.4, 0.5) is 0 Å². The molecule has 94 valence electrons. The van der Waals surface area contributed by atoms with Crippen molar-refractivity contribution in [3.8, 4) is 0 Å². The third-order valence-electron chi connectivity index (χ3n) is 2.74. The molecule has 0 atom stereocenters. The SMILES string of the molecule is CCn1cc(CC(=O)c2cc(C)cc(Br)c2)cn1. The molecule has 4 heteroatoms. The Morgan fingerprint density at radius 3 is 2.78 bits per heavy atom. The van der Waals surface area contributed by atoms with Crippen molar-refractivity contribution in [3.63, 3.8) is 0 Å². The maximum Gasteiger partial charge on any atom is 0.167 e. The highest BCUT2D eigenvalue weighted by molar-refractivity contribution is 9.10. The number of hydrogen-bond donors (Lipinski definition) is 0. The predicted molar refractivity (Wildman–Crippen MR) is 74.8 cm³/mol.